The average molecular weight is 842 g/mol. The molecule has 14 rings (SSSR count). The van der Waals surface area contributed by atoms with Crippen LogP contribution in [0.25, 0.3) is 66.8 Å². The number of para-hydroxylation sites is 1. The topological polar surface area (TPSA) is 12.5 Å². The Balaban J connectivity index is 1.07. The molecule has 10 aromatic carbocycles. The minimum absolute atomic E-state index is 0.178. The molecule has 3 aliphatic carbocycles. The third-order valence-corrected chi connectivity index (χ3v) is 15.1. The van der Waals surface area contributed by atoms with Gasteiger partial charge in [0.05, 0.1) is 5.41 Å². The second-order valence-electron chi connectivity index (χ2n) is 18.7. The summed E-state index contributed by atoms with van der Waals surface area (Å²) in [6.07, 6.45) is 0. The molecular weight excluding hydrogens is 799 g/mol. The van der Waals surface area contributed by atoms with Crippen molar-refractivity contribution in [1.82, 2.24) is 0 Å². The Hall–Kier alpha value is -8.20. The molecule has 2 nitrogen and oxygen atoms in total. The Labute approximate surface area is 385 Å². The summed E-state index contributed by atoms with van der Waals surface area (Å²) in [4.78, 5) is 2.49. The van der Waals surface area contributed by atoms with Crippen LogP contribution >= 0.6 is 0 Å². The number of nitrogens with zero attached hydrogens (tertiary/aromatic N) is 1. The van der Waals surface area contributed by atoms with Gasteiger partial charge in [-0.15, -0.1) is 0 Å². The third-order valence-electron chi connectivity index (χ3n) is 15.1. The first-order valence-electron chi connectivity index (χ1n) is 23.1. The van der Waals surface area contributed by atoms with Crippen LogP contribution in [0.4, 0.5) is 17.1 Å². The fourth-order valence-corrected chi connectivity index (χ4v) is 12.3. The van der Waals surface area contributed by atoms with Crippen molar-refractivity contribution in [2.45, 2.75) is 24.7 Å². The molecule has 0 radical (unpaired) electrons. The van der Waals surface area contributed by atoms with Gasteiger partial charge in [-0.3, -0.25) is 0 Å². The maximum Gasteiger partial charge on any atom is 0.135 e. The highest BCUT2D eigenvalue weighted by atomic mass is 16.5. The Morgan fingerprint density at radius 1 is 0.273 bits per heavy atom. The summed E-state index contributed by atoms with van der Waals surface area (Å²) in [6.45, 7) is 4.74. The molecule has 1 heterocycles. The Morgan fingerprint density at radius 3 is 1.20 bits per heavy atom. The lowest BCUT2D eigenvalue weighted by atomic mass is 9.66. The maximum absolute atomic E-state index is 6.82. The van der Waals surface area contributed by atoms with Gasteiger partial charge in [0.1, 0.15) is 11.5 Å². The van der Waals surface area contributed by atoms with Crippen LogP contribution in [-0.4, -0.2) is 0 Å². The molecule has 1 spiro atoms. The van der Waals surface area contributed by atoms with Crippen LogP contribution in [0.15, 0.2) is 224 Å². The van der Waals surface area contributed by atoms with Gasteiger partial charge in [-0.1, -0.05) is 190 Å². The molecule has 4 aliphatic rings. The molecule has 0 saturated heterocycles. The van der Waals surface area contributed by atoms with Crippen LogP contribution in [0.2, 0.25) is 0 Å². The molecule has 0 fully saturated rings. The standard InChI is InChI=1S/C64H43NO/c1-63(2)55-26-12-7-22-48(55)52-35-32-41(38-59(52)63)65(40-33-36-62-54(37-40)46-20-6-5-19-45(46)53-25-11-16-30-61(53)66-62)42-31-34-51-44-18-4-3-17-43(44)47-21-8-13-27-56(47)64(60(51)39-42)57-28-14-9-23-49(57)50-24-10-15-29-58(50)64/h3-39H,1-2H3. The van der Waals surface area contributed by atoms with Gasteiger partial charge in [0.25, 0.3) is 0 Å². The molecule has 66 heavy (non-hydrogen) atoms. The van der Waals surface area contributed by atoms with Crippen molar-refractivity contribution in [3.8, 4) is 78.3 Å². The fourth-order valence-electron chi connectivity index (χ4n) is 12.3. The number of hydrogen-bond donors (Lipinski definition) is 0. The number of benzene rings is 10. The van der Waals surface area contributed by atoms with E-state index in [4.69, 9.17) is 4.74 Å². The Kier molecular flexibility index (Phi) is 7.70. The van der Waals surface area contributed by atoms with Crippen molar-refractivity contribution in [3.63, 3.8) is 0 Å². The molecular formula is C64H43NO. The van der Waals surface area contributed by atoms with Crippen LogP contribution in [-0.2, 0) is 10.8 Å². The van der Waals surface area contributed by atoms with Crippen molar-refractivity contribution >= 4 is 17.1 Å². The fraction of sp³-hybridized carbons (Fsp3) is 0.0625. The molecule has 10 aromatic rings. The monoisotopic (exact) mass is 841 g/mol. The van der Waals surface area contributed by atoms with E-state index in [0.717, 1.165) is 50.8 Å². The van der Waals surface area contributed by atoms with E-state index in [9.17, 15) is 0 Å². The summed E-state index contributed by atoms with van der Waals surface area (Å²) in [5.41, 5.74) is 25.0. The Bertz CT molecular complexity index is 3640. The number of fused-ring (bicyclic) bond motifs is 20. The van der Waals surface area contributed by atoms with E-state index >= 15 is 0 Å². The molecule has 0 bridgehead atoms. The lowest BCUT2D eigenvalue weighted by molar-refractivity contribution is 0.488. The van der Waals surface area contributed by atoms with Gasteiger partial charge in [0.15, 0.2) is 0 Å². The zero-order chi connectivity index (χ0) is 43.7. The Morgan fingerprint density at radius 2 is 0.621 bits per heavy atom. The molecule has 1 aliphatic heterocycles. The molecule has 0 aromatic heterocycles. The van der Waals surface area contributed by atoms with Crippen molar-refractivity contribution < 1.29 is 4.74 Å². The van der Waals surface area contributed by atoms with Crippen molar-refractivity contribution in [1.29, 1.82) is 0 Å². The predicted molar refractivity (Wildman–Crippen MR) is 271 cm³/mol. The van der Waals surface area contributed by atoms with Crippen molar-refractivity contribution in [2.75, 3.05) is 4.90 Å². The smallest absolute Gasteiger partial charge is 0.135 e. The number of anilines is 3. The minimum atomic E-state index is -0.603. The maximum atomic E-state index is 6.82. The van der Waals surface area contributed by atoms with Crippen LogP contribution in [0, 0.1) is 0 Å². The van der Waals surface area contributed by atoms with E-state index in [1.807, 2.05) is 0 Å². The summed E-state index contributed by atoms with van der Waals surface area (Å²) in [6, 6.07) is 83.6. The number of hydrogen-bond acceptors (Lipinski definition) is 2. The summed E-state index contributed by atoms with van der Waals surface area (Å²) in [5.74, 6) is 1.71. The molecule has 2 heteroatoms. The molecule has 0 atom stereocenters. The lowest BCUT2D eigenvalue weighted by Gasteiger charge is -2.36. The highest BCUT2D eigenvalue weighted by molar-refractivity contribution is 5.99. The van der Waals surface area contributed by atoms with E-state index in [1.54, 1.807) is 0 Å². The van der Waals surface area contributed by atoms with Gasteiger partial charge in [-0.05, 0) is 138 Å². The molecule has 310 valence electrons. The molecule has 0 amide bonds. The van der Waals surface area contributed by atoms with Crippen LogP contribution in [0.3, 0.4) is 0 Å². The zero-order valence-electron chi connectivity index (χ0n) is 36.7. The van der Waals surface area contributed by atoms with Crippen molar-refractivity contribution in [3.05, 3.63) is 258 Å². The zero-order valence-corrected chi connectivity index (χ0v) is 36.7. The van der Waals surface area contributed by atoms with Gasteiger partial charge in [0.2, 0.25) is 0 Å². The first kappa shape index (κ1) is 37.2. The first-order chi connectivity index (χ1) is 32.5. The number of ether oxygens (including phenoxy) is 1. The highest BCUT2D eigenvalue weighted by Gasteiger charge is 2.50. The van der Waals surface area contributed by atoms with Gasteiger partial charge in [-0.25, -0.2) is 0 Å². The summed E-state index contributed by atoms with van der Waals surface area (Å²) < 4.78 is 6.82. The molecule has 0 unspecified atom stereocenters. The van der Waals surface area contributed by atoms with E-state index in [1.165, 1.54) is 77.9 Å². The normalized spacial score (nSPS) is 14.3. The van der Waals surface area contributed by atoms with Gasteiger partial charge >= 0.3 is 0 Å². The molecule has 0 N–H and O–H groups in total. The first-order valence-corrected chi connectivity index (χ1v) is 23.1. The second-order valence-corrected chi connectivity index (χ2v) is 18.7. The highest BCUT2D eigenvalue weighted by Crippen LogP contribution is 2.62. The largest absolute Gasteiger partial charge is 0.456 e. The summed E-state index contributed by atoms with van der Waals surface area (Å²) >= 11 is 0. The lowest BCUT2D eigenvalue weighted by Crippen LogP contribution is -2.29. The van der Waals surface area contributed by atoms with Crippen molar-refractivity contribution in [2.24, 2.45) is 0 Å². The summed E-state index contributed by atoms with van der Waals surface area (Å²) in [5, 5.41) is 0. The predicted octanol–water partition coefficient (Wildman–Crippen LogP) is 16.9. The SMILES string of the molecule is CC1(C)c2ccccc2-c2ccc(N(c3ccc4c(c3)-c3ccccc3-c3ccccc3O4)c3ccc4c(c3)C3(c5ccccc5-c5ccccc5-4)c4ccccc4-c4ccccc43)cc21. The average Bonchev–Trinajstić information content (AvgIpc) is 3.68. The summed E-state index contributed by atoms with van der Waals surface area (Å²) in [7, 11) is 0. The van der Waals surface area contributed by atoms with E-state index in [0.29, 0.717) is 0 Å². The van der Waals surface area contributed by atoms with Gasteiger partial charge < -0.3 is 9.64 Å². The minimum Gasteiger partial charge on any atom is -0.456 e. The van der Waals surface area contributed by atoms with E-state index < -0.39 is 5.41 Å². The van der Waals surface area contributed by atoms with Crippen LogP contribution in [0.5, 0.6) is 11.5 Å². The second kappa shape index (κ2) is 13.7. The van der Waals surface area contributed by atoms with E-state index in [-0.39, 0.29) is 5.41 Å². The van der Waals surface area contributed by atoms with E-state index in [2.05, 4.69) is 243 Å². The van der Waals surface area contributed by atoms with Crippen LogP contribution in [0.1, 0.15) is 47.2 Å². The van der Waals surface area contributed by atoms with Crippen LogP contribution < -0.4 is 9.64 Å². The quantitative estimate of drug-likeness (QED) is 0.176. The third kappa shape index (κ3) is 4.96. The van der Waals surface area contributed by atoms with Gasteiger partial charge in [0, 0.05) is 33.6 Å². The molecule has 0 saturated carbocycles. The van der Waals surface area contributed by atoms with Gasteiger partial charge in [-0.2, -0.15) is 0 Å². The number of rotatable bonds is 3.